The Bertz CT molecular complexity index is 333. The third kappa shape index (κ3) is 4.56. The van der Waals surface area contributed by atoms with Gasteiger partial charge >= 0.3 is 0 Å². The van der Waals surface area contributed by atoms with E-state index in [1.54, 1.807) is 0 Å². The maximum Gasteiger partial charge on any atom is 0.169 e. The van der Waals surface area contributed by atoms with Gasteiger partial charge in [0.1, 0.15) is 0 Å². The Morgan fingerprint density at radius 3 is 2.43 bits per heavy atom. The number of rotatable bonds is 6. The van der Waals surface area contributed by atoms with Crippen LogP contribution in [0.5, 0.6) is 0 Å². The molecule has 4 heteroatoms. The van der Waals surface area contributed by atoms with Gasteiger partial charge in [0.05, 0.1) is 0 Å². The molecule has 0 unspecified atom stereocenters. The van der Waals surface area contributed by atoms with Gasteiger partial charge in [-0.15, -0.1) is 0 Å². The summed E-state index contributed by atoms with van der Waals surface area (Å²) in [6.07, 6.45) is 11.6. The first-order valence-corrected chi connectivity index (χ1v) is 9.47. The Kier molecular flexibility index (Phi) is 5.75. The van der Waals surface area contributed by atoms with Gasteiger partial charge in [-0.3, -0.25) is 0 Å². The smallest absolute Gasteiger partial charge is 0.169 e. The lowest BCUT2D eigenvalue weighted by molar-refractivity contribution is 0.164. The van der Waals surface area contributed by atoms with Crippen molar-refractivity contribution in [2.24, 2.45) is 11.8 Å². The topological polar surface area (TPSA) is 18.5 Å². The molecule has 120 valence electrons. The average Bonchev–Trinajstić information content (AvgIpc) is 3.14. The van der Waals surface area contributed by atoms with E-state index < -0.39 is 0 Å². The highest BCUT2D eigenvalue weighted by atomic mass is 32.1. The molecule has 0 atom stereocenters. The number of thiocarbonyl (C=S) groups is 1. The Balaban J connectivity index is 1.28. The van der Waals surface area contributed by atoms with Crippen molar-refractivity contribution < 1.29 is 0 Å². The van der Waals surface area contributed by atoms with E-state index >= 15 is 0 Å². The summed E-state index contributed by atoms with van der Waals surface area (Å²) in [7, 11) is 0. The van der Waals surface area contributed by atoms with Gasteiger partial charge in [0.15, 0.2) is 5.11 Å². The maximum atomic E-state index is 5.35. The summed E-state index contributed by atoms with van der Waals surface area (Å²) < 4.78 is 0. The first-order valence-electron chi connectivity index (χ1n) is 9.06. The number of likely N-dealkylation sites (tertiary alicyclic amines) is 1. The predicted molar refractivity (Wildman–Crippen MR) is 92.5 cm³/mol. The lowest BCUT2D eigenvalue weighted by Crippen LogP contribution is -2.40. The van der Waals surface area contributed by atoms with E-state index in [2.05, 4.69) is 15.1 Å². The van der Waals surface area contributed by atoms with E-state index in [4.69, 9.17) is 12.2 Å². The van der Waals surface area contributed by atoms with E-state index in [0.29, 0.717) is 0 Å². The summed E-state index contributed by atoms with van der Waals surface area (Å²) in [5.74, 6) is 1.92. The Hall–Kier alpha value is -0.350. The fourth-order valence-corrected chi connectivity index (χ4v) is 4.56. The molecule has 0 aromatic carbocycles. The van der Waals surface area contributed by atoms with Gasteiger partial charge in [0.25, 0.3) is 0 Å². The molecule has 0 aromatic heterocycles. The molecule has 3 aliphatic rings. The largest absolute Gasteiger partial charge is 0.361 e. The summed E-state index contributed by atoms with van der Waals surface area (Å²) >= 11 is 5.35. The molecule has 1 saturated carbocycles. The van der Waals surface area contributed by atoms with E-state index in [0.717, 1.165) is 30.0 Å². The fraction of sp³-hybridized carbons (Fsp3) is 0.941. The van der Waals surface area contributed by atoms with E-state index in [-0.39, 0.29) is 0 Å². The molecule has 0 radical (unpaired) electrons. The summed E-state index contributed by atoms with van der Waals surface area (Å²) in [6, 6.07) is 0. The third-order valence-corrected chi connectivity index (χ3v) is 6.09. The van der Waals surface area contributed by atoms with E-state index in [1.807, 2.05) is 0 Å². The zero-order valence-electron chi connectivity index (χ0n) is 13.4. The number of nitrogens with one attached hydrogen (secondary N) is 1. The maximum absolute atomic E-state index is 5.35. The van der Waals surface area contributed by atoms with Crippen LogP contribution < -0.4 is 5.32 Å². The molecule has 3 rings (SSSR count). The highest BCUT2D eigenvalue weighted by Crippen LogP contribution is 2.29. The van der Waals surface area contributed by atoms with Crippen LogP contribution in [0, 0.1) is 11.8 Å². The molecule has 1 N–H and O–H groups in total. The van der Waals surface area contributed by atoms with Gasteiger partial charge in [-0.1, -0.05) is 25.7 Å². The van der Waals surface area contributed by atoms with Crippen LogP contribution in [0.4, 0.5) is 0 Å². The van der Waals surface area contributed by atoms with Crippen molar-refractivity contribution in [1.29, 1.82) is 0 Å². The van der Waals surface area contributed by atoms with Crippen LogP contribution in [-0.2, 0) is 0 Å². The van der Waals surface area contributed by atoms with Crippen molar-refractivity contribution in [3.63, 3.8) is 0 Å². The summed E-state index contributed by atoms with van der Waals surface area (Å²) in [5.41, 5.74) is 0. The van der Waals surface area contributed by atoms with Crippen molar-refractivity contribution in [3.8, 4) is 0 Å². The average molecular weight is 310 g/mol. The minimum Gasteiger partial charge on any atom is -0.361 e. The van der Waals surface area contributed by atoms with E-state index in [9.17, 15) is 0 Å². The van der Waals surface area contributed by atoms with Gasteiger partial charge in [-0.25, -0.2) is 0 Å². The van der Waals surface area contributed by atoms with Crippen molar-refractivity contribution in [2.45, 2.75) is 51.4 Å². The first-order chi connectivity index (χ1) is 10.3. The monoisotopic (exact) mass is 309 g/mol. The SMILES string of the molecule is S=C1NCCN1CC1CCN(CCCC2CCCC2)CC1. The van der Waals surface area contributed by atoms with Crippen molar-refractivity contribution in [3.05, 3.63) is 0 Å². The molecule has 2 aliphatic heterocycles. The Labute approximate surface area is 135 Å². The molecule has 2 saturated heterocycles. The number of hydrogen-bond acceptors (Lipinski definition) is 2. The summed E-state index contributed by atoms with van der Waals surface area (Å²) in [5, 5.41) is 4.25. The molecule has 0 spiro atoms. The highest BCUT2D eigenvalue weighted by Gasteiger charge is 2.24. The molecule has 21 heavy (non-hydrogen) atoms. The third-order valence-electron chi connectivity index (χ3n) is 5.69. The minimum atomic E-state index is 0.855. The van der Waals surface area contributed by atoms with Crippen LogP contribution in [-0.4, -0.2) is 54.2 Å². The molecule has 0 amide bonds. The predicted octanol–water partition coefficient (Wildman–Crippen LogP) is 2.86. The second-order valence-electron chi connectivity index (χ2n) is 7.26. The number of piperidine rings is 1. The fourth-order valence-electron chi connectivity index (χ4n) is 4.29. The first kappa shape index (κ1) is 15.5. The molecule has 0 aromatic rings. The normalized spacial score (nSPS) is 25.7. The quantitative estimate of drug-likeness (QED) is 0.760. The Morgan fingerprint density at radius 1 is 1.00 bits per heavy atom. The van der Waals surface area contributed by atoms with Crippen molar-refractivity contribution >= 4 is 17.3 Å². The Morgan fingerprint density at radius 2 is 1.76 bits per heavy atom. The van der Waals surface area contributed by atoms with Gasteiger partial charge in [-0.05, 0) is 69.4 Å². The van der Waals surface area contributed by atoms with Crippen LogP contribution >= 0.6 is 12.2 Å². The van der Waals surface area contributed by atoms with Crippen LogP contribution in [0.3, 0.4) is 0 Å². The zero-order chi connectivity index (χ0) is 14.5. The van der Waals surface area contributed by atoms with E-state index in [1.165, 1.54) is 77.5 Å². The minimum absolute atomic E-state index is 0.855. The second-order valence-corrected chi connectivity index (χ2v) is 7.64. The number of nitrogens with zero attached hydrogens (tertiary/aromatic N) is 2. The van der Waals surface area contributed by atoms with Crippen LogP contribution in [0.25, 0.3) is 0 Å². The zero-order valence-corrected chi connectivity index (χ0v) is 14.2. The van der Waals surface area contributed by atoms with Gasteiger partial charge in [0.2, 0.25) is 0 Å². The molecule has 1 aliphatic carbocycles. The lowest BCUT2D eigenvalue weighted by Gasteiger charge is -2.34. The second kappa shape index (κ2) is 7.77. The highest BCUT2D eigenvalue weighted by molar-refractivity contribution is 7.80. The van der Waals surface area contributed by atoms with Gasteiger partial charge < -0.3 is 15.1 Å². The molecule has 3 nitrogen and oxygen atoms in total. The molecule has 3 fully saturated rings. The molecular weight excluding hydrogens is 278 g/mol. The van der Waals surface area contributed by atoms with Crippen molar-refractivity contribution in [2.75, 3.05) is 39.3 Å². The van der Waals surface area contributed by atoms with Crippen LogP contribution in [0.2, 0.25) is 0 Å². The van der Waals surface area contributed by atoms with Crippen molar-refractivity contribution in [1.82, 2.24) is 15.1 Å². The number of hydrogen-bond donors (Lipinski definition) is 1. The molecule has 2 heterocycles. The standard InChI is InChI=1S/C17H31N3S/c21-17-18-9-13-20(17)14-16-7-11-19(12-8-16)10-3-6-15-4-1-2-5-15/h15-16H,1-14H2,(H,18,21). The summed E-state index contributed by atoms with van der Waals surface area (Å²) in [6.45, 7) is 7.29. The van der Waals surface area contributed by atoms with Gasteiger partial charge in [0, 0.05) is 19.6 Å². The van der Waals surface area contributed by atoms with Gasteiger partial charge in [-0.2, -0.15) is 0 Å². The lowest BCUT2D eigenvalue weighted by atomic mass is 9.95. The summed E-state index contributed by atoms with van der Waals surface area (Å²) in [4.78, 5) is 5.07. The molecule has 0 bridgehead atoms. The van der Waals surface area contributed by atoms with Crippen LogP contribution in [0.1, 0.15) is 51.4 Å². The molecular formula is C17H31N3S. The van der Waals surface area contributed by atoms with Crippen LogP contribution in [0.15, 0.2) is 0 Å².